The second-order valence-corrected chi connectivity index (χ2v) is 4.28. The van der Waals surface area contributed by atoms with Crippen molar-refractivity contribution in [3.05, 3.63) is 33.3 Å². The van der Waals surface area contributed by atoms with Gasteiger partial charge in [-0.2, -0.15) is 0 Å². The van der Waals surface area contributed by atoms with Gasteiger partial charge in [0.05, 0.1) is 19.5 Å². The third-order valence-electron chi connectivity index (χ3n) is 2.19. The summed E-state index contributed by atoms with van der Waals surface area (Å²) in [4.78, 5) is 22.2. The van der Waals surface area contributed by atoms with Crippen LogP contribution in [0.15, 0.2) is 22.7 Å². The summed E-state index contributed by atoms with van der Waals surface area (Å²) >= 11 is 1.54. The van der Waals surface area contributed by atoms with E-state index in [-0.39, 0.29) is 17.4 Å². The van der Waals surface area contributed by atoms with Crippen LogP contribution in [0.4, 0.5) is 5.82 Å². The van der Waals surface area contributed by atoms with Crippen molar-refractivity contribution < 1.29 is 4.74 Å². The van der Waals surface area contributed by atoms with Gasteiger partial charge < -0.3 is 15.0 Å². The molecule has 2 aromatic heterocycles. The molecule has 0 aromatic carbocycles. The maximum absolute atomic E-state index is 11.5. The van der Waals surface area contributed by atoms with Gasteiger partial charge in [0.25, 0.3) is 5.56 Å². The fourth-order valence-electron chi connectivity index (χ4n) is 1.39. The van der Waals surface area contributed by atoms with E-state index >= 15 is 0 Å². The highest BCUT2D eigenvalue weighted by atomic mass is 32.1. The van der Waals surface area contributed by atoms with Crippen molar-refractivity contribution in [1.29, 1.82) is 0 Å². The number of ether oxygens (including phenoxy) is 1. The van der Waals surface area contributed by atoms with Crippen LogP contribution in [0.1, 0.15) is 18.0 Å². The number of H-pyrrole nitrogens is 1. The van der Waals surface area contributed by atoms with Crippen LogP contribution < -0.4 is 15.6 Å². The Morgan fingerprint density at radius 1 is 1.53 bits per heavy atom. The summed E-state index contributed by atoms with van der Waals surface area (Å²) in [5.74, 6) is 0.592. The van der Waals surface area contributed by atoms with E-state index in [1.807, 2.05) is 12.3 Å². The lowest BCUT2D eigenvalue weighted by Crippen LogP contribution is -2.15. The van der Waals surface area contributed by atoms with Gasteiger partial charge in [-0.15, -0.1) is 11.3 Å². The third-order valence-corrected chi connectivity index (χ3v) is 3.15. The first-order chi connectivity index (χ1) is 8.22. The summed E-state index contributed by atoms with van der Waals surface area (Å²) in [6.07, 6.45) is 3.07. The molecule has 2 aromatic rings. The SMILES string of the molecule is COc1c(NC(C)c2nccs2)nc[nH]c1=O. The molecule has 0 bridgehead atoms. The molecule has 1 atom stereocenters. The summed E-state index contributed by atoms with van der Waals surface area (Å²) in [5, 5.41) is 5.92. The lowest BCUT2D eigenvalue weighted by atomic mass is 10.3. The van der Waals surface area contributed by atoms with E-state index < -0.39 is 0 Å². The predicted octanol–water partition coefficient (Wildman–Crippen LogP) is 1.41. The molecule has 0 aliphatic rings. The average molecular weight is 252 g/mol. The molecule has 0 amide bonds. The molecule has 6 nitrogen and oxygen atoms in total. The maximum Gasteiger partial charge on any atom is 0.295 e. The van der Waals surface area contributed by atoms with Crippen molar-refractivity contribution in [1.82, 2.24) is 15.0 Å². The van der Waals surface area contributed by atoms with Crippen molar-refractivity contribution >= 4 is 17.2 Å². The van der Waals surface area contributed by atoms with Crippen LogP contribution in [0, 0.1) is 0 Å². The van der Waals surface area contributed by atoms with Crippen LogP contribution >= 0.6 is 11.3 Å². The minimum atomic E-state index is -0.309. The van der Waals surface area contributed by atoms with Crippen molar-refractivity contribution in [2.75, 3.05) is 12.4 Å². The summed E-state index contributed by atoms with van der Waals surface area (Å²) in [5.41, 5.74) is -0.309. The Morgan fingerprint density at radius 2 is 2.35 bits per heavy atom. The molecule has 0 aliphatic carbocycles. The first kappa shape index (κ1) is 11.6. The lowest BCUT2D eigenvalue weighted by Gasteiger charge is -2.13. The monoisotopic (exact) mass is 252 g/mol. The van der Waals surface area contributed by atoms with Crippen LogP contribution in [-0.2, 0) is 0 Å². The quantitative estimate of drug-likeness (QED) is 0.860. The molecule has 0 spiro atoms. The normalized spacial score (nSPS) is 12.1. The summed E-state index contributed by atoms with van der Waals surface area (Å²) in [6, 6.07) is -0.0294. The highest BCUT2D eigenvalue weighted by Crippen LogP contribution is 2.23. The summed E-state index contributed by atoms with van der Waals surface area (Å²) in [7, 11) is 1.44. The van der Waals surface area contributed by atoms with Gasteiger partial charge in [-0.05, 0) is 6.92 Å². The number of thiazole rings is 1. The largest absolute Gasteiger partial charge is 0.489 e. The van der Waals surface area contributed by atoms with E-state index in [0.29, 0.717) is 5.82 Å². The van der Waals surface area contributed by atoms with Gasteiger partial charge in [-0.3, -0.25) is 4.79 Å². The minimum absolute atomic E-state index is 0.0294. The van der Waals surface area contributed by atoms with E-state index in [0.717, 1.165) is 5.01 Å². The number of rotatable bonds is 4. The molecule has 2 N–H and O–H groups in total. The number of hydrogen-bond donors (Lipinski definition) is 2. The maximum atomic E-state index is 11.5. The lowest BCUT2D eigenvalue weighted by molar-refractivity contribution is 0.407. The zero-order chi connectivity index (χ0) is 12.3. The number of hydrogen-bond acceptors (Lipinski definition) is 6. The molecule has 0 saturated heterocycles. The molecule has 0 saturated carbocycles. The van der Waals surface area contributed by atoms with Gasteiger partial charge >= 0.3 is 0 Å². The van der Waals surface area contributed by atoms with E-state index in [4.69, 9.17) is 4.74 Å². The second-order valence-electron chi connectivity index (χ2n) is 3.35. The Morgan fingerprint density at radius 3 is 3.00 bits per heavy atom. The topological polar surface area (TPSA) is 79.9 Å². The second kappa shape index (κ2) is 4.96. The van der Waals surface area contributed by atoms with Crippen molar-refractivity contribution in [2.24, 2.45) is 0 Å². The molecule has 2 heterocycles. The molecule has 2 rings (SSSR count). The molecular weight excluding hydrogens is 240 g/mol. The predicted molar refractivity (Wildman–Crippen MR) is 65.6 cm³/mol. The smallest absolute Gasteiger partial charge is 0.295 e. The van der Waals surface area contributed by atoms with Gasteiger partial charge in [0.2, 0.25) is 5.75 Å². The van der Waals surface area contributed by atoms with E-state index in [1.54, 1.807) is 6.20 Å². The molecule has 1 unspecified atom stereocenters. The van der Waals surface area contributed by atoms with Gasteiger partial charge in [-0.25, -0.2) is 9.97 Å². The third kappa shape index (κ3) is 2.44. The molecule has 17 heavy (non-hydrogen) atoms. The van der Waals surface area contributed by atoms with E-state index in [9.17, 15) is 4.79 Å². The minimum Gasteiger partial charge on any atom is -0.489 e. The highest BCUT2D eigenvalue weighted by Gasteiger charge is 2.13. The number of methoxy groups -OCH3 is 1. The van der Waals surface area contributed by atoms with Crippen LogP contribution in [0.5, 0.6) is 5.75 Å². The van der Waals surface area contributed by atoms with Crippen LogP contribution in [0.2, 0.25) is 0 Å². The van der Waals surface area contributed by atoms with Crippen LogP contribution in [0.3, 0.4) is 0 Å². The number of anilines is 1. The molecule has 0 radical (unpaired) electrons. The zero-order valence-electron chi connectivity index (χ0n) is 9.43. The number of nitrogens with zero attached hydrogens (tertiary/aromatic N) is 2. The Bertz CT molecular complexity index is 537. The summed E-state index contributed by atoms with van der Waals surface area (Å²) < 4.78 is 5.01. The van der Waals surface area contributed by atoms with Gasteiger partial charge in [0.1, 0.15) is 5.01 Å². The fraction of sp³-hybridized carbons (Fsp3) is 0.300. The van der Waals surface area contributed by atoms with Crippen molar-refractivity contribution in [3.8, 4) is 5.75 Å². The zero-order valence-corrected chi connectivity index (χ0v) is 10.2. The molecule has 0 aliphatic heterocycles. The first-order valence-electron chi connectivity index (χ1n) is 5.00. The van der Waals surface area contributed by atoms with Crippen LogP contribution in [-0.4, -0.2) is 22.1 Å². The Labute approximate surface area is 102 Å². The average Bonchev–Trinajstić information content (AvgIpc) is 2.82. The molecule has 7 heteroatoms. The number of aromatic amines is 1. The van der Waals surface area contributed by atoms with Crippen molar-refractivity contribution in [2.45, 2.75) is 13.0 Å². The molecular formula is C10H12N4O2S. The van der Waals surface area contributed by atoms with Gasteiger partial charge in [0, 0.05) is 11.6 Å². The number of nitrogens with one attached hydrogen (secondary N) is 2. The first-order valence-corrected chi connectivity index (χ1v) is 5.88. The number of aromatic nitrogens is 3. The van der Waals surface area contributed by atoms with Crippen LogP contribution in [0.25, 0.3) is 0 Å². The molecule has 90 valence electrons. The molecule has 0 fully saturated rings. The fourth-order valence-corrected chi connectivity index (χ4v) is 2.04. The standard InChI is InChI=1S/C10H12N4O2S/c1-6(10-11-3-4-17-10)14-8-7(16-2)9(15)13-5-12-8/h3-6H,1-2H3,(H2,12,13,14,15). The summed E-state index contributed by atoms with van der Waals surface area (Å²) in [6.45, 7) is 1.95. The van der Waals surface area contributed by atoms with Gasteiger partial charge in [0.15, 0.2) is 5.82 Å². The Balaban J connectivity index is 2.24. The Hall–Kier alpha value is -1.89. The van der Waals surface area contributed by atoms with Gasteiger partial charge in [-0.1, -0.05) is 0 Å². The van der Waals surface area contributed by atoms with E-state index in [1.165, 1.54) is 24.8 Å². The Kier molecular flexibility index (Phi) is 3.38. The van der Waals surface area contributed by atoms with Crippen molar-refractivity contribution in [3.63, 3.8) is 0 Å². The van der Waals surface area contributed by atoms with E-state index in [2.05, 4.69) is 20.3 Å². The highest BCUT2D eigenvalue weighted by molar-refractivity contribution is 7.09.